The second-order valence-electron chi connectivity index (χ2n) is 5.18. The SMILES string of the molecule is C=CC(=O)CC(c1ccccc1)c1cc(C(=O)Cl)ccc1C. The zero-order valence-corrected chi connectivity index (χ0v) is 13.1. The molecule has 112 valence electrons. The third-order valence-electron chi connectivity index (χ3n) is 3.72. The van der Waals surface area contributed by atoms with Gasteiger partial charge in [-0.3, -0.25) is 9.59 Å². The van der Waals surface area contributed by atoms with Crippen LogP contribution in [0.2, 0.25) is 0 Å². The molecule has 0 saturated heterocycles. The van der Waals surface area contributed by atoms with E-state index in [0.29, 0.717) is 12.0 Å². The number of rotatable bonds is 6. The number of hydrogen-bond acceptors (Lipinski definition) is 2. The highest BCUT2D eigenvalue weighted by Gasteiger charge is 2.20. The molecule has 0 fully saturated rings. The van der Waals surface area contributed by atoms with Gasteiger partial charge < -0.3 is 0 Å². The van der Waals surface area contributed by atoms with E-state index in [2.05, 4.69) is 6.58 Å². The van der Waals surface area contributed by atoms with Crippen molar-refractivity contribution in [2.45, 2.75) is 19.3 Å². The molecule has 0 radical (unpaired) electrons. The maximum absolute atomic E-state index is 11.9. The van der Waals surface area contributed by atoms with E-state index in [-0.39, 0.29) is 11.7 Å². The van der Waals surface area contributed by atoms with Crippen molar-refractivity contribution in [3.05, 3.63) is 83.4 Å². The minimum atomic E-state index is -0.497. The second-order valence-corrected chi connectivity index (χ2v) is 5.53. The van der Waals surface area contributed by atoms with Crippen molar-refractivity contribution in [3.8, 4) is 0 Å². The van der Waals surface area contributed by atoms with Gasteiger partial charge in [0.15, 0.2) is 5.78 Å². The summed E-state index contributed by atoms with van der Waals surface area (Å²) in [5.41, 5.74) is 3.43. The van der Waals surface area contributed by atoms with E-state index in [1.807, 2.05) is 43.3 Å². The number of halogens is 1. The predicted molar refractivity (Wildman–Crippen MR) is 89.5 cm³/mol. The first-order chi connectivity index (χ1) is 10.5. The molecule has 0 heterocycles. The highest BCUT2D eigenvalue weighted by atomic mass is 35.5. The highest BCUT2D eigenvalue weighted by Crippen LogP contribution is 2.31. The lowest BCUT2D eigenvalue weighted by molar-refractivity contribution is -0.114. The summed E-state index contributed by atoms with van der Waals surface area (Å²) in [6.45, 7) is 5.51. The van der Waals surface area contributed by atoms with Gasteiger partial charge in [0.2, 0.25) is 0 Å². The van der Waals surface area contributed by atoms with Gasteiger partial charge in [-0.15, -0.1) is 0 Å². The third kappa shape index (κ3) is 3.71. The molecule has 0 aromatic heterocycles. The van der Waals surface area contributed by atoms with Crippen LogP contribution in [0.4, 0.5) is 0 Å². The van der Waals surface area contributed by atoms with Crippen LogP contribution in [0.15, 0.2) is 61.2 Å². The first-order valence-electron chi connectivity index (χ1n) is 7.03. The molecule has 0 bridgehead atoms. The Morgan fingerprint density at radius 3 is 2.45 bits per heavy atom. The number of allylic oxidation sites excluding steroid dienone is 1. The van der Waals surface area contributed by atoms with Crippen LogP contribution >= 0.6 is 11.6 Å². The Bertz CT molecular complexity index is 705. The predicted octanol–water partition coefficient (Wildman–Crippen LogP) is 4.65. The topological polar surface area (TPSA) is 34.1 Å². The minimum Gasteiger partial charge on any atom is -0.295 e. The maximum Gasteiger partial charge on any atom is 0.252 e. The Balaban J connectivity index is 2.53. The van der Waals surface area contributed by atoms with Crippen molar-refractivity contribution in [1.82, 2.24) is 0 Å². The third-order valence-corrected chi connectivity index (χ3v) is 3.93. The Morgan fingerprint density at radius 2 is 1.86 bits per heavy atom. The van der Waals surface area contributed by atoms with Gasteiger partial charge in [0.1, 0.15) is 0 Å². The standard InChI is InChI=1S/C19H17ClO2/c1-3-16(21)12-18(14-7-5-4-6-8-14)17-11-15(19(20)22)10-9-13(17)2/h3-11,18H,1,12H2,2H3. The molecule has 0 N–H and O–H groups in total. The summed E-state index contributed by atoms with van der Waals surface area (Å²) in [7, 11) is 0. The molecule has 1 unspecified atom stereocenters. The number of carbonyl (C=O) groups is 2. The van der Waals surface area contributed by atoms with Gasteiger partial charge in [-0.25, -0.2) is 0 Å². The normalized spacial score (nSPS) is 11.7. The smallest absolute Gasteiger partial charge is 0.252 e. The van der Waals surface area contributed by atoms with Gasteiger partial charge in [-0.1, -0.05) is 43.0 Å². The van der Waals surface area contributed by atoms with Crippen LogP contribution in [0.5, 0.6) is 0 Å². The van der Waals surface area contributed by atoms with Crippen molar-refractivity contribution in [2.75, 3.05) is 0 Å². The molecule has 0 aliphatic rings. The summed E-state index contributed by atoms with van der Waals surface area (Å²) in [6, 6.07) is 15.1. The van der Waals surface area contributed by atoms with Gasteiger partial charge in [-0.05, 0) is 53.4 Å². The summed E-state index contributed by atoms with van der Waals surface area (Å²) >= 11 is 5.59. The Morgan fingerprint density at radius 1 is 1.18 bits per heavy atom. The molecule has 2 nitrogen and oxygen atoms in total. The van der Waals surface area contributed by atoms with Crippen LogP contribution in [0.3, 0.4) is 0 Å². The fourth-order valence-electron chi connectivity index (χ4n) is 2.52. The fraction of sp³-hybridized carbons (Fsp3) is 0.158. The van der Waals surface area contributed by atoms with Gasteiger partial charge >= 0.3 is 0 Å². The van der Waals surface area contributed by atoms with E-state index in [1.165, 1.54) is 6.08 Å². The number of carbonyl (C=O) groups excluding carboxylic acids is 2. The molecule has 0 aliphatic carbocycles. The molecule has 0 spiro atoms. The van der Waals surface area contributed by atoms with Crippen molar-refractivity contribution in [1.29, 1.82) is 0 Å². The summed E-state index contributed by atoms with van der Waals surface area (Å²) in [4.78, 5) is 23.3. The van der Waals surface area contributed by atoms with Crippen molar-refractivity contribution in [3.63, 3.8) is 0 Å². The second kappa shape index (κ2) is 7.19. The van der Waals surface area contributed by atoms with Gasteiger partial charge in [-0.2, -0.15) is 0 Å². The Kier molecular flexibility index (Phi) is 5.29. The lowest BCUT2D eigenvalue weighted by Crippen LogP contribution is -2.09. The summed E-state index contributed by atoms with van der Waals surface area (Å²) in [6.07, 6.45) is 1.65. The highest BCUT2D eigenvalue weighted by molar-refractivity contribution is 6.67. The first kappa shape index (κ1) is 16.2. The van der Waals surface area contributed by atoms with Gasteiger partial charge in [0.25, 0.3) is 5.24 Å². The van der Waals surface area contributed by atoms with Crippen LogP contribution in [-0.2, 0) is 4.79 Å². The van der Waals surface area contributed by atoms with Crippen LogP contribution in [0.25, 0.3) is 0 Å². The van der Waals surface area contributed by atoms with Gasteiger partial charge in [0, 0.05) is 17.9 Å². The largest absolute Gasteiger partial charge is 0.295 e. The van der Waals surface area contributed by atoms with E-state index in [4.69, 9.17) is 11.6 Å². The molecule has 2 aromatic rings. The Hall–Kier alpha value is -2.19. The Labute approximate surface area is 135 Å². The van der Waals surface area contributed by atoms with E-state index >= 15 is 0 Å². The van der Waals surface area contributed by atoms with Crippen LogP contribution in [0, 0.1) is 6.92 Å². The van der Waals surface area contributed by atoms with E-state index in [0.717, 1.165) is 16.7 Å². The monoisotopic (exact) mass is 312 g/mol. The quantitative estimate of drug-likeness (QED) is 0.574. The summed E-state index contributed by atoms with van der Waals surface area (Å²) in [5.74, 6) is -0.154. The van der Waals surface area contributed by atoms with Crippen LogP contribution < -0.4 is 0 Å². The van der Waals surface area contributed by atoms with Crippen LogP contribution in [0.1, 0.15) is 39.4 Å². The molecule has 2 rings (SSSR count). The molecule has 3 heteroatoms. The molecule has 0 aliphatic heterocycles. The molecular weight excluding hydrogens is 296 g/mol. The fourth-order valence-corrected chi connectivity index (χ4v) is 2.63. The lowest BCUT2D eigenvalue weighted by Gasteiger charge is -2.19. The van der Waals surface area contributed by atoms with E-state index in [9.17, 15) is 9.59 Å². The zero-order chi connectivity index (χ0) is 16.1. The number of benzene rings is 2. The minimum absolute atomic E-state index is 0.0316. The number of aryl methyl sites for hydroxylation is 1. The molecule has 0 amide bonds. The molecule has 1 atom stereocenters. The number of ketones is 1. The van der Waals surface area contributed by atoms with E-state index < -0.39 is 5.24 Å². The van der Waals surface area contributed by atoms with Gasteiger partial charge in [0.05, 0.1) is 0 Å². The summed E-state index contributed by atoms with van der Waals surface area (Å²) < 4.78 is 0. The summed E-state index contributed by atoms with van der Waals surface area (Å²) in [5, 5.41) is -0.497. The maximum atomic E-state index is 11.9. The molecular formula is C19H17ClO2. The zero-order valence-electron chi connectivity index (χ0n) is 12.4. The van der Waals surface area contributed by atoms with Crippen molar-refractivity contribution >= 4 is 22.6 Å². The average molecular weight is 313 g/mol. The van der Waals surface area contributed by atoms with Crippen LogP contribution in [-0.4, -0.2) is 11.0 Å². The first-order valence-corrected chi connectivity index (χ1v) is 7.41. The van der Waals surface area contributed by atoms with Crippen molar-refractivity contribution < 1.29 is 9.59 Å². The molecule has 22 heavy (non-hydrogen) atoms. The molecule has 0 saturated carbocycles. The lowest BCUT2D eigenvalue weighted by atomic mass is 9.84. The molecule has 2 aromatic carbocycles. The van der Waals surface area contributed by atoms with Crippen molar-refractivity contribution in [2.24, 2.45) is 0 Å². The van der Waals surface area contributed by atoms with E-state index in [1.54, 1.807) is 12.1 Å². The average Bonchev–Trinajstić information content (AvgIpc) is 2.53. The number of hydrogen-bond donors (Lipinski definition) is 0.